The second kappa shape index (κ2) is 4.53. The summed E-state index contributed by atoms with van der Waals surface area (Å²) in [6.45, 7) is 9.94. The van der Waals surface area contributed by atoms with E-state index in [-0.39, 0.29) is 5.54 Å². The Hall–Kier alpha value is -0.550. The second-order valence-electron chi connectivity index (χ2n) is 5.78. The molecule has 0 bridgehead atoms. The maximum atomic E-state index is 9.40. The van der Waals surface area contributed by atoms with Crippen molar-refractivity contribution in [2.24, 2.45) is 11.3 Å². The molecule has 1 saturated carbocycles. The van der Waals surface area contributed by atoms with Gasteiger partial charge in [-0.3, -0.25) is 5.32 Å². The van der Waals surface area contributed by atoms with Gasteiger partial charge < -0.3 is 0 Å². The third-order valence-electron chi connectivity index (χ3n) is 3.79. The van der Waals surface area contributed by atoms with E-state index in [2.05, 4.69) is 39.1 Å². The van der Waals surface area contributed by atoms with E-state index in [4.69, 9.17) is 0 Å². The van der Waals surface area contributed by atoms with Crippen LogP contribution in [0, 0.1) is 22.7 Å². The highest BCUT2D eigenvalue weighted by Crippen LogP contribution is 2.43. The van der Waals surface area contributed by atoms with Gasteiger partial charge in [0.1, 0.15) is 5.54 Å². The van der Waals surface area contributed by atoms with Gasteiger partial charge in [-0.1, -0.05) is 27.7 Å². The minimum absolute atomic E-state index is 0.258. The van der Waals surface area contributed by atoms with Gasteiger partial charge in [-0.15, -0.1) is 0 Å². The molecule has 2 heteroatoms. The molecule has 2 unspecified atom stereocenters. The highest BCUT2D eigenvalue weighted by atomic mass is 15.0. The average molecular weight is 208 g/mol. The Bertz CT molecular complexity index is 252. The molecule has 0 aromatic carbocycles. The topological polar surface area (TPSA) is 35.8 Å². The van der Waals surface area contributed by atoms with Crippen molar-refractivity contribution in [1.29, 1.82) is 5.26 Å². The first-order chi connectivity index (χ1) is 6.96. The molecule has 0 spiro atoms. The summed E-state index contributed by atoms with van der Waals surface area (Å²) < 4.78 is 0. The predicted octanol–water partition coefficient (Wildman–Crippen LogP) is 3.09. The monoisotopic (exact) mass is 208 g/mol. The number of hydrogen-bond acceptors (Lipinski definition) is 2. The van der Waals surface area contributed by atoms with Crippen LogP contribution in [-0.2, 0) is 0 Å². The Balaban J connectivity index is 2.71. The Kier molecular flexibility index (Phi) is 3.78. The summed E-state index contributed by atoms with van der Waals surface area (Å²) in [5.41, 5.74) is 0.152. The quantitative estimate of drug-likeness (QED) is 0.773. The Morgan fingerprint density at radius 2 is 2.07 bits per heavy atom. The van der Waals surface area contributed by atoms with Crippen LogP contribution in [0.3, 0.4) is 0 Å². The maximum absolute atomic E-state index is 9.40. The third kappa shape index (κ3) is 2.72. The molecule has 1 aliphatic carbocycles. The van der Waals surface area contributed by atoms with E-state index >= 15 is 0 Å². The van der Waals surface area contributed by atoms with Gasteiger partial charge in [0.25, 0.3) is 0 Å². The third-order valence-corrected chi connectivity index (χ3v) is 3.79. The van der Waals surface area contributed by atoms with E-state index in [1.54, 1.807) is 0 Å². The fraction of sp³-hybridized carbons (Fsp3) is 0.923. The van der Waals surface area contributed by atoms with Crippen molar-refractivity contribution in [1.82, 2.24) is 5.32 Å². The summed E-state index contributed by atoms with van der Waals surface area (Å²) >= 11 is 0. The van der Waals surface area contributed by atoms with Crippen molar-refractivity contribution in [2.75, 3.05) is 6.54 Å². The van der Waals surface area contributed by atoms with Gasteiger partial charge in [-0.25, -0.2) is 0 Å². The molecule has 0 saturated heterocycles. The Labute approximate surface area is 94.1 Å². The number of rotatable bonds is 3. The highest BCUT2D eigenvalue weighted by molar-refractivity contribution is 5.13. The SMILES string of the molecule is CCCNC1(C#N)CCC(C)(C)CC1C. The van der Waals surface area contributed by atoms with E-state index < -0.39 is 0 Å². The Morgan fingerprint density at radius 1 is 1.40 bits per heavy atom. The van der Waals surface area contributed by atoms with Crippen molar-refractivity contribution < 1.29 is 0 Å². The summed E-state index contributed by atoms with van der Waals surface area (Å²) in [7, 11) is 0. The van der Waals surface area contributed by atoms with Crippen LogP contribution < -0.4 is 5.32 Å². The van der Waals surface area contributed by atoms with E-state index in [0.717, 1.165) is 32.2 Å². The van der Waals surface area contributed by atoms with Gasteiger partial charge in [-0.05, 0) is 43.6 Å². The van der Waals surface area contributed by atoms with Crippen LogP contribution in [0.25, 0.3) is 0 Å². The standard InChI is InChI=1S/C13H24N2/c1-5-8-15-13(10-14)7-6-12(3,4)9-11(13)2/h11,15H,5-9H2,1-4H3. The van der Waals surface area contributed by atoms with Crippen molar-refractivity contribution in [3.8, 4) is 6.07 Å². The van der Waals surface area contributed by atoms with E-state index in [1.807, 2.05) is 0 Å². The summed E-state index contributed by atoms with van der Waals surface area (Å²) in [4.78, 5) is 0. The van der Waals surface area contributed by atoms with Gasteiger partial charge in [0.2, 0.25) is 0 Å². The first-order valence-electron chi connectivity index (χ1n) is 6.12. The molecule has 0 radical (unpaired) electrons. The predicted molar refractivity (Wildman–Crippen MR) is 63.4 cm³/mol. The van der Waals surface area contributed by atoms with Crippen LogP contribution >= 0.6 is 0 Å². The molecule has 86 valence electrons. The zero-order valence-corrected chi connectivity index (χ0v) is 10.6. The molecule has 2 atom stereocenters. The van der Waals surface area contributed by atoms with Crippen LogP contribution in [0.1, 0.15) is 53.4 Å². The van der Waals surface area contributed by atoms with Gasteiger partial charge >= 0.3 is 0 Å². The highest BCUT2D eigenvalue weighted by Gasteiger charge is 2.43. The molecule has 0 aromatic heterocycles. The normalized spacial score (nSPS) is 34.7. The number of nitrogens with one attached hydrogen (secondary N) is 1. The summed E-state index contributed by atoms with van der Waals surface area (Å²) in [6.07, 6.45) is 4.40. The van der Waals surface area contributed by atoms with Crippen LogP contribution in [-0.4, -0.2) is 12.1 Å². The average Bonchev–Trinajstić information content (AvgIpc) is 2.17. The first-order valence-corrected chi connectivity index (χ1v) is 6.12. The minimum atomic E-state index is -0.258. The van der Waals surface area contributed by atoms with Crippen LogP contribution in [0.2, 0.25) is 0 Å². The molecule has 0 aromatic rings. The maximum Gasteiger partial charge on any atom is 0.109 e. The summed E-state index contributed by atoms with van der Waals surface area (Å²) in [5, 5.41) is 12.9. The summed E-state index contributed by atoms with van der Waals surface area (Å²) in [6, 6.07) is 2.53. The van der Waals surface area contributed by atoms with Crippen molar-refractivity contribution in [3.63, 3.8) is 0 Å². The molecule has 0 heterocycles. The number of hydrogen-bond donors (Lipinski definition) is 1. The van der Waals surface area contributed by atoms with Gasteiger partial charge in [0.15, 0.2) is 0 Å². The molecule has 15 heavy (non-hydrogen) atoms. The molecule has 1 aliphatic rings. The molecular formula is C13H24N2. The summed E-state index contributed by atoms with van der Waals surface area (Å²) in [5.74, 6) is 0.456. The van der Waals surface area contributed by atoms with E-state index in [9.17, 15) is 5.26 Å². The largest absolute Gasteiger partial charge is 0.299 e. The Morgan fingerprint density at radius 3 is 2.53 bits per heavy atom. The molecule has 1 fully saturated rings. The van der Waals surface area contributed by atoms with E-state index in [1.165, 1.54) is 0 Å². The molecule has 2 nitrogen and oxygen atoms in total. The molecule has 1 rings (SSSR count). The fourth-order valence-electron chi connectivity index (χ4n) is 2.70. The van der Waals surface area contributed by atoms with Gasteiger partial charge in [0.05, 0.1) is 6.07 Å². The minimum Gasteiger partial charge on any atom is -0.299 e. The lowest BCUT2D eigenvalue weighted by Crippen LogP contribution is -2.53. The van der Waals surface area contributed by atoms with Crippen LogP contribution in [0.4, 0.5) is 0 Å². The van der Waals surface area contributed by atoms with Crippen molar-refractivity contribution >= 4 is 0 Å². The lowest BCUT2D eigenvalue weighted by molar-refractivity contribution is 0.110. The van der Waals surface area contributed by atoms with Crippen LogP contribution in [0.5, 0.6) is 0 Å². The zero-order chi connectivity index (χ0) is 11.5. The fourth-order valence-corrected chi connectivity index (χ4v) is 2.70. The van der Waals surface area contributed by atoms with Gasteiger partial charge in [-0.2, -0.15) is 5.26 Å². The second-order valence-corrected chi connectivity index (χ2v) is 5.78. The number of nitrogens with zero attached hydrogens (tertiary/aromatic N) is 1. The lowest BCUT2D eigenvalue weighted by atomic mass is 9.64. The molecule has 0 amide bonds. The smallest absolute Gasteiger partial charge is 0.109 e. The zero-order valence-electron chi connectivity index (χ0n) is 10.6. The van der Waals surface area contributed by atoms with Crippen LogP contribution in [0.15, 0.2) is 0 Å². The van der Waals surface area contributed by atoms with Crippen molar-refractivity contribution in [2.45, 2.75) is 58.9 Å². The van der Waals surface area contributed by atoms with Gasteiger partial charge in [0, 0.05) is 0 Å². The lowest BCUT2D eigenvalue weighted by Gasteiger charge is -2.44. The molecular weight excluding hydrogens is 184 g/mol. The van der Waals surface area contributed by atoms with Crippen molar-refractivity contribution in [3.05, 3.63) is 0 Å². The van der Waals surface area contributed by atoms with E-state index in [0.29, 0.717) is 11.3 Å². The first kappa shape index (κ1) is 12.5. The number of nitriles is 1. The molecule has 0 aliphatic heterocycles. The molecule has 1 N–H and O–H groups in total.